The number of rotatable bonds is 10. The lowest BCUT2D eigenvalue weighted by Gasteiger charge is -2.11. The van der Waals surface area contributed by atoms with Crippen LogP contribution in [-0.4, -0.2) is 33.0 Å². The van der Waals surface area contributed by atoms with Crippen LogP contribution in [0.25, 0.3) is 20.9 Å². The number of hydrogen-bond acceptors (Lipinski definition) is 6. The molecule has 0 amide bonds. The molecule has 0 heterocycles. The first-order chi connectivity index (χ1) is 13.8. The van der Waals surface area contributed by atoms with Crippen molar-refractivity contribution in [2.75, 3.05) is 35.2 Å². The van der Waals surface area contributed by atoms with E-state index in [1.54, 1.807) is 36.4 Å². The first kappa shape index (κ1) is 21.9. The summed E-state index contributed by atoms with van der Waals surface area (Å²) in [6.07, 6.45) is 0. The highest BCUT2D eigenvalue weighted by molar-refractivity contribution is 7.91. The van der Waals surface area contributed by atoms with Crippen molar-refractivity contribution < 1.29 is 8.42 Å². The topological polar surface area (TPSA) is 156 Å². The van der Waals surface area contributed by atoms with Crippen molar-refractivity contribution in [3.8, 4) is 0 Å². The van der Waals surface area contributed by atoms with Gasteiger partial charge < -0.3 is 10.6 Å². The van der Waals surface area contributed by atoms with Crippen LogP contribution in [0.15, 0.2) is 46.6 Å². The van der Waals surface area contributed by atoms with Crippen LogP contribution < -0.4 is 10.6 Å². The Bertz CT molecular complexity index is 992. The van der Waals surface area contributed by atoms with Gasteiger partial charge in [-0.25, -0.2) is 8.42 Å². The molecule has 0 aliphatic carbocycles. The second kappa shape index (κ2) is 10.2. The predicted octanol–water partition coefficient (Wildman–Crippen LogP) is 5.13. The molecule has 0 spiro atoms. The molecule has 0 aliphatic rings. The van der Waals surface area contributed by atoms with E-state index in [9.17, 15) is 8.42 Å². The van der Waals surface area contributed by atoms with Gasteiger partial charge in [-0.1, -0.05) is 22.4 Å². The Hall–Kier alpha value is -3.39. The Balaban J connectivity index is 1.85. The van der Waals surface area contributed by atoms with E-state index >= 15 is 0 Å². The number of hydrogen-bond donors (Lipinski definition) is 2. The van der Waals surface area contributed by atoms with E-state index < -0.39 is 9.84 Å². The molecule has 2 aromatic carbocycles. The Morgan fingerprint density at radius 3 is 1.62 bits per heavy atom. The van der Waals surface area contributed by atoms with E-state index in [2.05, 4.69) is 30.7 Å². The third kappa shape index (κ3) is 6.93. The molecule has 0 fully saturated rings. The molecular formula is C18H22N8O2S. The van der Waals surface area contributed by atoms with Crippen LogP contribution in [0.2, 0.25) is 0 Å². The number of nitrogens with zero attached hydrogens (tertiary/aromatic N) is 6. The van der Waals surface area contributed by atoms with Gasteiger partial charge in [-0.3, -0.25) is 0 Å². The lowest BCUT2D eigenvalue weighted by molar-refractivity contribution is 0.597. The molecule has 0 aliphatic heterocycles. The van der Waals surface area contributed by atoms with E-state index in [-0.39, 0.29) is 24.6 Å². The Morgan fingerprint density at radius 1 is 0.828 bits per heavy atom. The molecule has 10 nitrogen and oxygen atoms in total. The number of azide groups is 2. The molecular weight excluding hydrogens is 392 g/mol. The molecule has 0 radical (unpaired) electrons. The molecule has 2 N–H and O–H groups in total. The Kier molecular flexibility index (Phi) is 7.73. The zero-order chi connectivity index (χ0) is 21.3. The smallest absolute Gasteiger partial charge is 0.153 e. The second-order valence-corrected chi connectivity index (χ2v) is 8.69. The molecule has 0 atom stereocenters. The maximum absolute atomic E-state index is 12.2. The van der Waals surface area contributed by atoms with Crippen molar-refractivity contribution in [2.45, 2.75) is 13.8 Å². The zero-order valence-corrected chi connectivity index (χ0v) is 17.0. The van der Waals surface area contributed by atoms with Gasteiger partial charge in [0.1, 0.15) is 0 Å². The van der Waals surface area contributed by atoms with Crippen LogP contribution in [0, 0.1) is 13.8 Å². The number of aryl methyl sites for hydroxylation is 2. The molecule has 29 heavy (non-hydrogen) atoms. The lowest BCUT2D eigenvalue weighted by Crippen LogP contribution is -2.22. The molecule has 0 saturated carbocycles. The summed E-state index contributed by atoms with van der Waals surface area (Å²) in [7, 11) is -3.27. The fourth-order valence-corrected chi connectivity index (χ4v) is 3.58. The number of benzene rings is 2. The van der Waals surface area contributed by atoms with Crippen molar-refractivity contribution in [1.29, 1.82) is 0 Å². The first-order valence-electron chi connectivity index (χ1n) is 8.84. The minimum absolute atomic E-state index is 0.0305. The zero-order valence-electron chi connectivity index (χ0n) is 16.2. The number of anilines is 2. The predicted molar refractivity (Wildman–Crippen MR) is 116 cm³/mol. The third-order valence-electron chi connectivity index (χ3n) is 4.21. The van der Waals surface area contributed by atoms with Gasteiger partial charge in [0.15, 0.2) is 9.84 Å². The molecule has 2 aromatic rings. The molecule has 152 valence electrons. The van der Waals surface area contributed by atoms with E-state index in [0.717, 1.165) is 11.1 Å². The monoisotopic (exact) mass is 414 g/mol. The number of nitrogens with one attached hydrogen (secondary N) is 2. The summed E-state index contributed by atoms with van der Waals surface area (Å²) in [5, 5.41) is 13.3. The van der Waals surface area contributed by atoms with Crippen molar-refractivity contribution in [3.63, 3.8) is 0 Å². The average Bonchev–Trinajstić information content (AvgIpc) is 2.67. The van der Waals surface area contributed by atoms with Crippen LogP contribution in [0.1, 0.15) is 11.1 Å². The van der Waals surface area contributed by atoms with Gasteiger partial charge in [-0.05, 0) is 60.3 Å². The highest BCUT2D eigenvalue weighted by Gasteiger charge is 2.10. The van der Waals surface area contributed by atoms with Gasteiger partial charge in [0, 0.05) is 45.7 Å². The van der Waals surface area contributed by atoms with Crippen LogP contribution in [0.3, 0.4) is 0 Å². The summed E-state index contributed by atoms with van der Waals surface area (Å²) in [6.45, 7) is 4.14. The summed E-state index contributed by atoms with van der Waals surface area (Å²) in [5.41, 5.74) is 21.2. The van der Waals surface area contributed by atoms with Gasteiger partial charge in [0.2, 0.25) is 0 Å². The van der Waals surface area contributed by atoms with Crippen molar-refractivity contribution >= 4 is 32.6 Å². The van der Waals surface area contributed by atoms with E-state index in [0.29, 0.717) is 22.7 Å². The van der Waals surface area contributed by atoms with Crippen LogP contribution in [0.4, 0.5) is 22.7 Å². The lowest BCUT2D eigenvalue weighted by atomic mass is 10.2. The summed E-state index contributed by atoms with van der Waals surface area (Å²) in [5.74, 6) is -0.0610. The quantitative estimate of drug-likeness (QED) is 0.314. The first-order valence-corrected chi connectivity index (χ1v) is 10.7. The van der Waals surface area contributed by atoms with Crippen molar-refractivity contribution in [2.24, 2.45) is 10.2 Å². The van der Waals surface area contributed by atoms with Crippen molar-refractivity contribution in [3.05, 3.63) is 68.4 Å². The standard InChI is InChI=1S/C18H22N8O2S/c1-13-3-5-15(11-17(13)23-25-19)21-7-9-29(27,28)10-8-22-16-6-4-14(2)18(12-16)24-26-20/h3-6,11-12,21-22H,7-10H2,1-2H3. The highest BCUT2D eigenvalue weighted by Crippen LogP contribution is 2.24. The van der Waals surface area contributed by atoms with Gasteiger partial charge in [-0.2, -0.15) is 0 Å². The van der Waals surface area contributed by atoms with Crippen LogP contribution >= 0.6 is 0 Å². The largest absolute Gasteiger partial charge is 0.384 e. The molecule has 11 heteroatoms. The highest BCUT2D eigenvalue weighted by atomic mass is 32.2. The molecule has 0 bridgehead atoms. The van der Waals surface area contributed by atoms with Crippen LogP contribution in [-0.2, 0) is 9.84 Å². The summed E-state index contributed by atoms with van der Waals surface area (Å²) >= 11 is 0. The normalized spacial score (nSPS) is 10.6. The van der Waals surface area contributed by atoms with E-state index in [1.807, 2.05) is 13.8 Å². The van der Waals surface area contributed by atoms with Gasteiger partial charge in [0.25, 0.3) is 0 Å². The van der Waals surface area contributed by atoms with Crippen molar-refractivity contribution in [1.82, 2.24) is 0 Å². The third-order valence-corrected chi connectivity index (χ3v) is 5.86. The summed E-state index contributed by atoms with van der Waals surface area (Å²) < 4.78 is 24.5. The molecule has 2 rings (SSSR count). The SMILES string of the molecule is Cc1ccc(NCCS(=O)(=O)CCNc2ccc(C)c(N=[N+]=[N-])c2)cc1N=[N+]=[N-]. The molecule has 0 unspecified atom stereocenters. The van der Waals surface area contributed by atoms with Gasteiger partial charge in [-0.15, -0.1) is 0 Å². The molecule has 0 aromatic heterocycles. The van der Waals surface area contributed by atoms with E-state index in [1.165, 1.54) is 0 Å². The maximum Gasteiger partial charge on any atom is 0.153 e. The minimum Gasteiger partial charge on any atom is -0.384 e. The molecule has 0 saturated heterocycles. The number of sulfone groups is 1. The fraction of sp³-hybridized carbons (Fsp3) is 0.333. The Labute approximate surface area is 169 Å². The van der Waals surface area contributed by atoms with Gasteiger partial charge >= 0.3 is 0 Å². The fourth-order valence-electron chi connectivity index (χ4n) is 2.55. The van der Waals surface area contributed by atoms with Crippen LogP contribution in [0.5, 0.6) is 0 Å². The van der Waals surface area contributed by atoms with Gasteiger partial charge in [0.05, 0.1) is 11.5 Å². The average molecular weight is 414 g/mol. The second-order valence-electron chi connectivity index (χ2n) is 6.39. The Morgan fingerprint density at radius 2 is 1.24 bits per heavy atom. The summed E-state index contributed by atoms with van der Waals surface area (Å²) in [4.78, 5) is 5.55. The minimum atomic E-state index is -3.27. The maximum atomic E-state index is 12.2. The van der Waals surface area contributed by atoms with E-state index in [4.69, 9.17) is 11.1 Å². The summed E-state index contributed by atoms with van der Waals surface area (Å²) in [6, 6.07) is 10.6.